The van der Waals surface area contributed by atoms with Gasteiger partial charge in [0.25, 0.3) is 5.91 Å². The summed E-state index contributed by atoms with van der Waals surface area (Å²) in [5.41, 5.74) is 5.19. The summed E-state index contributed by atoms with van der Waals surface area (Å²) in [5, 5.41) is 3.67. The topological polar surface area (TPSA) is 79.0 Å². The number of rotatable bonds is 4. The molecule has 0 bridgehead atoms. The van der Waals surface area contributed by atoms with Crippen molar-refractivity contribution in [2.24, 2.45) is 0 Å². The highest BCUT2D eigenvalue weighted by molar-refractivity contribution is 9.10. The molecular weight excluding hydrogens is 596 g/mol. The molecule has 4 aromatic carbocycles. The van der Waals surface area contributed by atoms with E-state index >= 15 is 0 Å². The first-order chi connectivity index (χ1) is 17.9. The number of H-pyrrole nitrogens is 1. The minimum absolute atomic E-state index is 0.127. The van der Waals surface area contributed by atoms with E-state index in [1.54, 1.807) is 42.5 Å². The molecule has 5 aromatic rings. The first-order valence-electron chi connectivity index (χ1n) is 11.6. The van der Waals surface area contributed by atoms with Gasteiger partial charge in [0.1, 0.15) is 0 Å². The number of fused-ring (bicyclic) bond motifs is 4. The van der Waals surface area contributed by atoms with Crippen LogP contribution < -0.4 is 5.32 Å². The highest BCUT2D eigenvalue weighted by Crippen LogP contribution is 2.35. The normalized spacial score (nSPS) is 12.4. The van der Waals surface area contributed by atoms with E-state index in [1.165, 1.54) is 0 Å². The van der Waals surface area contributed by atoms with Crippen LogP contribution in [-0.4, -0.2) is 22.5 Å². The van der Waals surface area contributed by atoms with Crippen molar-refractivity contribution in [1.82, 2.24) is 4.98 Å². The third-order valence-corrected chi connectivity index (χ3v) is 7.65. The molecule has 1 aliphatic rings. The van der Waals surface area contributed by atoms with Gasteiger partial charge in [0.15, 0.2) is 11.6 Å². The number of carbonyl (C=O) groups is 3. The molecule has 2 heterocycles. The molecule has 0 radical (unpaired) electrons. The van der Waals surface area contributed by atoms with Crippen molar-refractivity contribution in [3.8, 4) is 0 Å². The van der Waals surface area contributed by atoms with Crippen molar-refractivity contribution < 1.29 is 14.4 Å². The summed E-state index contributed by atoms with van der Waals surface area (Å²) in [6.45, 7) is 0. The summed E-state index contributed by atoms with van der Waals surface area (Å²) in [7, 11) is 0. The zero-order valence-electron chi connectivity index (χ0n) is 19.3. The van der Waals surface area contributed by atoms with Gasteiger partial charge < -0.3 is 10.3 Å². The van der Waals surface area contributed by atoms with Crippen LogP contribution >= 0.6 is 31.9 Å². The molecule has 0 aliphatic carbocycles. The van der Waals surface area contributed by atoms with Gasteiger partial charge in [0.05, 0.1) is 16.8 Å². The summed E-state index contributed by atoms with van der Waals surface area (Å²) < 4.78 is 1.77. The molecule has 0 fully saturated rings. The molecule has 0 atom stereocenters. The van der Waals surface area contributed by atoms with Crippen molar-refractivity contribution in [3.63, 3.8) is 0 Å². The van der Waals surface area contributed by atoms with E-state index in [-0.39, 0.29) is 17.5 Å². The molecule has 0 spiro atoms. The standard InChI is InChI=1S/C30H18Br2N2O3/c31-19-11-7-16(8-12-19)28(35)22-5-1-3-18-15-24-25(30(37)34-26(18)22)21-4-2-6-23(27(21)33-24)29(36)17-9-13-20(32)14-10-17/h1-14,33H,15H2,(H,34,37). The Morgan fingerprint density at radius 2 is 1.27 bits per heavy atom. The van der Waals surface area contributed by atoms with Crippen LogP contribution in [0.2, 0.25) is 0 Å². The van der Waals surface area contributed by atoms with Crippen LogP contribution in [0.15, 0.2) is 93.9 Å². The average molecular weight is 614 g/mol. The fourth-order valence-corrected chi connectivity index (χ4v) is 5.35. The fourth-order valence-electron chi connectivity index (χ4n) is 4.82. The van der Waals surface area contributed by atoms with E-state index < -0.39 is 0 Å². The number of para-hydroxylation sites is 2. The summed E-state index contributed by atoms with van der Waals surface area (Å²) in [6.07, 6.45) is 0.408. The molecule has 1 aliphatic heterocycles. The summed E-state index contributed by atoms with van der Waals surface area (Å²) in [5.74, 6) is -0.607. The van der Waals surface area contributed by atoms with E-state index in [2.05, 4.69) is 42.2 Å². The number of halogens is 2. The van der Waals surface area contributed by atoms with Crippen LogP contribution in [0.1, 0.15) is 53.5 Å². The zero-order valence-corrected chi connectivity index (χ0v) is 22.4. The van der Waals surface area contributed by atoms with Crippen LogP contribution in [0.5, 0.6) is 0 Å². The van der Waals surface area contributed by atoms with Gasteiger partial charge in [-0.05, 0) is 66.2 Å². The molecule has 180 valence electrons. The van der Waals surface area contributed by atoms with Crippen molar-refractivity contribution in [2.45, 2.75) is 6.42 Å². The molecule has 2 N–H and O–H groups in total. The maximum absolute atomic E-state index is 13.5. The van der Waals surface area contributed by atoms with Gasteiger partial charge in [-0.2, -0.15) is 0 Å². The van der Waals surface area contributed by atoms with Gasteiger partial charge in [0, 0.05) is 48.7 Å². The lowest BCUT2D eigenvalue weighted by Crippen LogP contribution is -2.15. The number of carbonyl (C=O) groups excluding carboxylic acids is 3. The van der Waals surface area contributed by atoms with Gasteiger partial charge in [-0.3, -0.25) is 14.4 Å². The maximum atomic E-state index is 13.5. The van der Waals surface area contributed by atoms with E-state index in [0.29, 0.717) is 56.5 Å². The molecule has 1 amide bonds. The Labute approximate surface area is 229 Å². The fraction of sp³-hybridized carbons (Fsp3) is 0.0333. The second kappa shape index (κ2) is 9.25. The minimum Gasteiger partial charge on any atom is -0.357 e. The minimum atomic E-state index is -0.315. The quantitative estimate of drug-likeness (QED) is 0.209. The first-order valence-corrected chi connectivity index (χ1v) is 13.2. The monoisotopic (exact) mass is 612 g/mol. The Morgan fingerprint density at radius 1 is 0.703 bits per heavy atom. The molecular formula is C30H18Br2N2O3. The van der Waals surface area contributed by atoms with Gasteiger partial charge in [-0.25, -0.2) is 0 Å². The molecule has 1 aromatic heterocycles. The van der Waals surface area contributed by atoms with Crippen molar-refractivity contribution in [3.05, 3.63) is 133 Å². The second-order valence-electron chi connectivity index (χ2n) is 8.85. The highest BCUT2D eigenvalue weighted by Gasteiger charge is 2.28. The van der Waals surface area contributed by atoms with E-state index in [9.17, 15) is 14.4 Å². The molecule has 7 heteroatoms. The smallest absolute Gasteiger partial charge is 0.258 e. The van der Waals surface area contributed by atoms with E-state index in [1.807, 2.05) is 42.5 Å². The van der Waals surface area contributed by atoms with Crippen LogP contribution in [0.3, 0.4) is 0 Å². The predicted octanol–water partition coefficient (Wildman–Crippen LogP) is 7.31. The SMILES string of the molecule is O=C(c1ccc(Br)cc1)c1cccc2c1NC(=O)c1c([nH]c3c(C(=O)c4ccc(Br)cc4)cccc13)C2. The Balaban J connectivity index is 1.43. The Kier molecular flexibility index (Phi) is 5.89. The Bertz CT molecular complexity index is 1740. The zero-order chi connectivity index (χ0) is 25.7. The van der Waals surface area contributed by atoms with Crippen LogP contribution in [-0.2, 0) is 6.42 Å². The summed E-state index contributed by atoms with van der Waals surface area (Å²) in [6, 6.07) is 25.2. The number of hydrogen-bond donors (Lipinski definition) is 2. The van der Waals surface area contributed by atoms with Crippen molar-refractivity contribution in [2.75, 3.05) is 5.32 Å². The molecule has 0 saturated carbocycles. The van der Waals surface area contributed by atoms with Gasteiger partial charge in [-0.1, -0.05) is 56.1 Å². The van der Waals surface area contributed by atoms with Crippen molar-refractivity contribution >= 4 is 65.9 Å². The molecule has 0 unspecified atom stereocenters. The number of benzene rings is 4. The summed E-state index contributed by atoms with van der Waals surface area (Å²) >= 11 is 6.80. The predicted molar refractivity (Wildman–Crippen MR) is 151 cm³/mol. The number of nitrogens with one attached hydrogen (secondary N) is 2. The van der Waals surface area contributed by atoms with E-state index in [0.717, 1.165) is 14.5 Å². The number of ketones is 2. The van der Waals surface area contributed by atoms with Crippen LogP contribution in [0, 0.1) is 0 Å². The molecule has 0 saturated heterocycles. The molecule has 5 nitrogen and oxygen atoms in total. The third kappa shape index (κ3) is 4.14. The number of anilines is 1. The van der Waals surface area contributed by atoms with Gasteiger partial charge >= 0.3 is 0 Å². The number of hydrogen-bond acceptors (Lipinski definition) is 3. The average Bonchev–Trinajstić information content (AvgIpc) is 3.21. The lowest BCUT2D eigenvalue weighted by Gasteiger charge is -2.13. The van der Waals surface area contributed by atoms with Gasteiger partial charge in [-0.15, -0.1) is 0 Å². The van der Waals surface area contributed by atoms with Crippen LogP contribution in [0.4, 0.5) is 5.69 Å². The van der Waals surface area contributed by atoms with Gasteiger partial charge in [0.2, 0.25) is 0 Å². The third-order valence-electron chi connectivity index (χ3n) is 6.60. The summed E-state index contributed by atoms with van der Waals surface area (Å²) in [4.78, 5) is 43.6. The number of amides is 1. The number of aromatic nitrogens is 1. The Morgan fingerprint density at radius 3 is 1.92 bits per heavy atom. The van der Waals surface area contributed by atoms with Crippen molar-refractivity contribution in [1.29, 1.82) is 0 Å². The first kappa shape index (κ1) is 23.6. The number of aromatic amines is 1. The molecule has 6 rings (SSSR count). The maximum Gasteiger partial charge on any atom is 0.258 e. The van der Waals surface area contributed by atoms with E-state index in [4.69, 9.17) is 0 Å². The lowest BCUT2D eigenvalue weighted by atomic mass is 9.97. The second-order valence-corrected chi connectivity index (χ2v) is 10.7. The lowest BCUT2D eigenvalue weighted by molar-refractivity contribution is 0.102. The molecule has 37 heavy (non-hydrogen) atoms. The van der Waals surface area contributed by atoms with Crippen LogP contribution in [0.25, 0.3) is 10.9 Å². The Hall–Kier alpha value is -3.81. The highest BCUT2D eigenvalue weighted by atomic mass is 79.9. The largest absolute Gasteiger partial charge is 0.357 e.